The molecule has 7 heteroatoms. The van der Waals surface area contributed by atoms with E-state index in [9.17, 15) is 4.79 Å². The number of rotatable bonds is 2. The van der Waals surface area contributed by atoms with E-state index in [2.05, 4.69) is 36.2 Å². The Bertz CT molecular complexity index is 498. The lowest BCUT2D eigenvalue weighted by atomic mass is 10.1. The third-order valence-electron chi connectivity index (χ3n) is 3.84. The van der Waals surface area contributed by atoms with Gasteiger partial charge in [-0.1, -0.05) is 11.6 Å². The second-order valence-electron chi connectivity index (χ2n) is 5.28. The highest BCUT2D eigenvalue weighted by Gasteiger charge is 2.30. The molecule has 1 aromatic rings. The van der Waals surface area contributed by atoms with Gasteiger partial charge in [-0.2, -0.15) is 0 Å². The SMILES string of the molecule is CC1CN(C(=O)c2cc(Cl)nc(NN)c2)CC(C)N1C. The summed E-state index contributed by atoms with van der Waals surface area (Å²) in [6.45, 7) is 5.63. The summed E-state index contributed by atoms with van der Waals surface area (Å²) >= 11 is 5.91. The topological polar surface area (TPSA) is 74.5 Å². The van der Waals surface area contributed by atoms with Gasteiger partial charge in [-0.25, -0.2) is 10.8 Å². The Labute approximate surface area is 123 Å². The standard InChI is InChI=1S/C13H20ClN5O/c1-8-6-19(7-9(2)18(8)3)13(20)10-4-11(14)16-12(5-10)17-15/h4-5,8-9H,6-7,15H2,1-3H3,(H,16,17). The lowest BCUT2D eigenvalue weighted by molar-refractivity contribution is 0.0414. The van der Waals surface area contributed by atoms with Crippen LogP contribution in [-0.2, 0) is 0 Å². The van der Waals surface area contributed by atoms with Crippen LogP contribution in [0.4, 0.5) is 5.82 Å². The molecule has 1 aliphatic heterocycles. The highest BCUT2D eigenvalue weighted by Crippen LogP contribution is 2.19. The number of aromatic nitrogens is 1. The van der Waals surface area contributed by atoms with Crippen molar-refractivity contribution in [2.45, 2.75) is 25.9 Å². The molecule has 2 atom stereocenters. The number of carbonyl (C=O) groups is 1. The zero-order valence-corrected chi connectivity index (χ0v) is 12.7. The number of likely N-dealkylation sites (N-methyl/N-ethyl adjacent to an activating group) is 1. The van der Waals surface area contributed by atoms with Crippen LogP contribution in [-0.4, -0.2) is 52.9 Å². The van der Waals surface area contributed by atoms with Gasteiger partial charge in [0.2, 0.25) is 0 Å². The lowest BCUT2D eigenvalue weighted by Gasteiger charge is -2.42. The number of nitrogens with zero attached hydrogens (tertiary/aromatic N) is 3. The fourth-order valence-electron chi connectivity index (χ4n) is 2.45. The summed E-state index contributed by atoms with van der Waals surface area (Å²) in [6.07, 6.45) is 0. The van der Waals surface area contributed by atoms with Crippen LogP contribution in [0.3, 0.4) is 0 Å². The Hall–Kier alpha value is -1.37. The number of piperazine rings is 1. The largest absolute Gasteiger partial charge is 0.336 e. The first kappa shape index (κ1) is 15.0. The molecule has 1 aromatic heterocycles. The molecule has 0 aliphatic carbocycles. The fourth-order valence-corrected chi connectivity index (χ4v) is 2.66. The summed E-state index contributed by atoms with van der Waals surface area (Å²) in [5, 5.41) is 0.249. The van der Waals surface area contributed by atoms with Crippen molar-refractivity contribution < 1.29 is 4.79 Å². The first-order chi connectivity index (χ1) is 9.42. The van der Waals surface area contributed by atoms with E-state index in [0.717, 1.165) is 0 Å². The Kier molecular flexibility index (Phi) is 4.47. The molecule has 20 heavy (non-hydrogen) atoms. The summed E-state index contributed by atoms with van der Waals surface area (Å²) in [5.74, 6) is 5.67. The van der Waals surface area contributed by atoms with Crippen molar-refractivity contribution in [2.75, 3.05) is 25.6 Å². The van der Waals surface area contributed by atoms with Crippen molar-refractivity contribution in [1.82, 2.24) is 14.8 Å². The molecular weight excluding hydrogens is 278 g/mol. The molecule has 1 aliphatic rings. The van der Waals surface area contributed by atoms with Gasteiger partial charge in [0, 0.05) is 30.7 Å². The molecule has 110 valence electrons. The van der Waals surface area contributed by atoms with E-state index in [1.54, 1.807) is 12.1 Å². The van der Waals surface area contributed by atoms with Crippen LogP contribution in [0.5, 0.6) is 0 Å². The lowest BCUT2D eigenvalue weighted by Crippen LogP contribution is -2.56. The monoisotopic (exact) mass is 297 g/mol. The minimum atomic E-state index is -0.0439. The van der Waals surface area contributed by atoms with Crippen molar-refractivity contribution in [3.05, 3.63) is 22.8 Å². The maximum absolute atomic E-state index is 12.6. The average Bonchev–Trinajstić information content (AvgIpc) is 2.42. The molecular formula is C13H20ClN5O. The number of hydrazine groups is 1. The predicted molar refractivity (Wildman–Crippen MR) is 79.6 cm³/mol. The smallest absolute Gasteiger partial charge is 0.254 e. The maximum Gasteiger partial charge on any atom is 0.254 e. The summed E-state index contributed by atoms with van der Waals surface area (Å²) in [5.41, 5.74) is 2.92. The molecule has 0 saturated carbocycles. The van der Waals surface area contributed by atoms with Gasteiger partial charge < -0.3 is 10.3 Å². The maximum atomic E-state index is 12.6. The molecule has 1 saturated heterocycles. The molecule has 1 fully saturated rings. The Morgan fingerprint density at radius 2 is 2.00 bits per heavy atom. The Morgan fingerprint density at radius 1 is 1.40 bits per heavy atom. The van der Waals surface area contributed by atoms with Gasteiger partial charge in [-0.05, 0) is 33.0 Å². The predicted octanol–water partition coefficient (Wildman–Crippen LogP) is 1.19. The fraction of sp³-hybridized carbons (Fsp3) is 0.538. The van der Waals surface area contributed by atoms with Gasteiger partial charge in [0.25, 0.3) is 5.91 Å². The van der Waals surface area contributed by atoms with Gasteiger partial charge in [-0.3, -0.25) is 9.69 Å². The minimum absolute atomic E-state index is 0.0439. The van der Waals surface area contributed by atoms with Gasteiger partial charge in [0.05, 0.1) is 0 Å². The number of pyridine rings is 1. The zero-order valence-electron chi connectivity index (χ0n) is 11.9. The van der Waals surface area contributed by atoms with Gasteiger partial charge >= 0.3 is 0 Å². The first-order valence-electron chi connectivity index (χ1n) is 6.57. The molecule has 0 aromatic carbocycles. The number of amides is 1. The summed E-state index contributed by atoms with van der Waals surface area (Å²) in [6, 6.07) is 3.83. The molecule has 3 N–H and O–H groups in total. The molecule has 0 bridgehead atoms. The number of carbonyl (C=O) groups excluding carboxylic acids is 1. The van der Waals surface area contributed by atoms with Crippen LogP contribution in [0.2, 0.25) is 5.15 Å². The van der Waals surface area contributed by atoms with Gasteiger partial charge in [0.15, 0.2) is 0 Å². The number of nitrogens with two attached hydrogens (primary N) is 1. The van der Waals surface area contributed by atoms with E-state index in [-0.39, 0.29) is 11.1 Å². The second-order valence-corrected chi connectivity index (χ2v) is 5.67. The van der Waals surface area contributed by atoms with Crippen LogP contribution in [0.1, 0.15) is 24.2 Å². The van der Waals surface area contributed by atoms with Crippen LogP contribution < -0.4 is 11.3 Å². The molecule has 0 spiro atoms. The molecule has 1 amide bonds. The molecule has 2 rings (SSSR count). The Balaban J connectivity index is 2.21. The molecule has 2 heterocycles. The molecule has 0 radical (unpaired) electrons. The van der Waals surface area contributed by atoms with E-state index >= 15 is 0 Å². The van der Waals surface area contributed by atoms with Crippen LogP contribution in [0.15, 0.2) is 12.1 Å². The number of nitrogens with one attached hydrogen (secondary N) is 1. The molecule has 6 nitrogen and oxygen atoms in total. The second kappa shape index (κ2) is 5.95. The van der Waals surface area contributed by atoms with Crippen molar-refractivity contribution in [2.24, 2.45) is 5.84 Å². The van der Waals surface area contributed by atoms with E-state index in [0.29, 0.717) is 36.6 Å². The van der Waals surface area contributed by atoms with Crippen LogP contribution in [0.25, 0.3) is 0 Å². The van der Waals surface area contributed by atoms with Crippen molar-refractivity contribution in [3.8, 4) is 0 Å². The molecule has 2 unspecified atom stereocenters. The minimum Gasteiger partial charge on any atom is -0.336 e. The highest BCUT2D eigenvalue weighted by atomic mass is 35.5. The summed E-state index contributed by atoms with van der Waals surface area (Å²) in [4.78, 5) is 20.7. The van der Waals surface area contributed by atoms with Crippen molar-refractivity contribution in [1.29, 1.82) is 0 Å². The van der Waals surface area contributed by atoms with Gasteiger partial charge in [-0.15, -0.1) is 0 Å². The Morgan fingerprint density at radius 3 is 2.55 bits per heavy atom. The quantitative estimate of drug-likeness (QED) is 0.487. The van der Waals surface area contributed by atoms with Crippen LogP contribution in [0, 0.1) is 0 Å². The zero-order chi connectivity index (χ0) is 14.9. The number of anilines is 1. The van der Waals surface area contributed by atoms with Gasteiger partial charge in [0.1, 0.15) is 11.0 Å². The summed E-state index contributed by atoms with van der Waals surface area (Å²) < 4.78 is 0. The third kappa shape index (κ3) is 3.03. The number of nitrogen functional groups attached to an aromatic ring is 1. The van der Waals surface area contributed by atoms with E-state index in [1.807, 2.05) is 4.90 Å². The van der Waals surface area contributed by atoms with E-state index in [4.69, 9.17) is 17.4 Å². The number of hydrogen-bond acceptors (Lipinski definition) is 5. The number of hydrogen-bond donors (Lipinski definition) is 2. The summed E-state index contributed by atoms with van der Waals surface area (Å²) in [7, 11) is 2.08. The van der Waals surface area contributed by atoms with E-state index in [1.165, 1.54) is 0 Å². The van der Waals surface area contributed by atoms with E-state index < -0.39 is 0 Å². The van der Waals surface area contributed by atoms with Crippen molar-refractivity contribution >= 4 is 23.3 Å². The third-order valence-corrected chi connectivity index (χ3v) is 4.03. The van der Waals surface area contributed by atoms with Crippen LogP contribution >= 0.6 is 11.6 Å². The number of halogens is 1. The normalized spacial score (nSPS) is 23.8. The average molecular weight is 298 g/mol. The van der Waals surface area contributed by atoms with Crippen molar-refractivity contribution in [3.63, 3.8) is 0 Å². The highest BCUT2D eigenvalue weighted by molar-refractivity contribution is 6.29. The first-order valence-corrected chi connectivity index (χ1v) is 6.95.